The van der Waals surface area contributed by atoms with Crippen LogP contribution in [0.2, 0.25) is 0 Å². The highest BCUT2D eigenvalue weighted by molar-refractivity contribution is 6.21. The van der Waals surface area contributed by atoms with Crippen LogP contribution in [0.3, 0.4) is 0 Å². The number of hydrogen-bond acceptors (Lipinski definition) is 2. The van der Waals surface area contributed by atoms with Crippen molar-refractivity contribution in [3.63, 3.8) is 0 Å². The second-order valence-corrected chi connectivity index (χ2v) is 4.83. The van der Waals surface area contributed by atoms with E-state index in [-0.39, 0.29) is 11.5 Å². The topological polar surface area (TPSA) is 21.6 Å². The summed E-state index contributed by atoms with van der Waals surface area (Å²) in [5.41, 5.74) is 0.230. The van der Waals surface area contributed by atoms with Crippen molar-refractivity contribution in [3.05, 3.63) is 35.4 Å². The third-order valence-electron chi connectivity index (χ3n) is 2.73. The van der Waals surface area contributed by atoms with Gasteiger partial charge in [-0.25, -0.2) is 0 Å². The van der Waals surface area contributed by atoms with Gasteiger partial charge in [-0.05, 0) is 19.1 Å². The van der Waals surface area contributed by atoms with Gasteiger partial charge in [-0.3, -0.25) is 0 Å². The predicted molar refractivity (Wildman–Crippen MR) is 62.8 cm³/mol. The van der Waals surface area contributed by atoms with Crippen LogP contribution in [-0.2, 0) is 11.0 Å². The Morgan fingerprint density at radius 1 is 1.44 bits per heavy atom. The van der Waals surface area contributed by atoms with Gasteiger partial charge in [0.25, 0.3) is 0 Å². The van der Waals surface area contributed by atoms with Gasteiger partial charge in [0, 0.05) is 12.0 Å². The lowest BCUT2D eigenvalue weighted by atomic mass is 10.0. The van der Waals surface area contributed by atoms with E-state index in [1.165, 1.54) is 6.07 Å². The van der Waals surface area contributed by atoms with Crippen LogP contribution in [-0.4, -0.2) is 17.2 Å². The van der Waals surface area contributed by atoms with Gasteiger partial charge in [0.15, 0.2) is 0 Å². The summed E-state index contributed by atoms with van der Waals surface area (Å²) in [6.07, 6.45) is -4.21. The zero-order chi connectivity index (χ0) is 13.3. The summed E-state index contributed by atoms with van der Waals surface area (Å²) < 4.78 is 37.7. The van der Waals surface area contributed by atoms with Gasteiger partial charge in [-0.1, -0.05) is 17.3 Å². The molecule has 2 unspecified atom stereocenters. The Hall–Kier alpha value is -1.23. The van der Waals surface area contributed by atoms with E-state index in [1.807, 2.05) is 0 Å². The summed E-state index contributed by atoms with van der Waals surface area (Å²) in [5.74, 6) is 0. The number of alkyl halides is 4. The SMILES string of the molecule is CC(Cl)C1CC(c2cccc(C(F)(F)F)c2)=NO1. The Morgan fingerprint density at radius 3 is 2.72 bits per heavy atom. The molecular formula is C12H11ClF3NO. The summed E-state index contributed by atoms with van der Waals surface area (Å²) in [6.45, 7) is 1.76. The predicted octanol–water partition coefficient (Wildman–Crippen LogP) is 3.83. The Kier molecular flexibility index (Phi) is 3.52. The highest BCUT2D eigenvalue weighted by atomic mass is 35.5. The average molecular weight is 278 g/mol. The first-order valence-electron chi connectivity index (χ1n) is 5.42. The lowest BCUT2D eigenvalue weighted by molar-refractivity contribution is -0.137. The van der Waals surface area contributed by atoms with Gasteiger partial charge < -0.3 is 4.84 Å². The summed E-state index contributed by atoms with van der Waals surface area (Å²) in [5, 5.41) is 3.56. The second kappa shape index (κ2) is 4.80. The molecule has 0 N–H and O–H groups in total. The number of rotatable bonds is 2. The van der Waals surface area contributed by atoms with Crippen molar-refractivity contribution in [2.24, 2.45) is 5.16 Å². The fraction of sp³-hybridized carbons (Fsp3) is 0.417. The van der Waals surface area contributed by atoms with Crippen LogP contribution in [0.1, 0.15) is 24.5 Å². The van der Waals surface area contributed by atoms with Crippen molar-refractivity contribution < 1.29 is 18.0 Å². The van der Waals surface area contributed by atoms with Gasteiger partial charge in [-0.15, -0.1) is 11.6 Å². The lowest BCUT2D eigenvalue weighted by Gasteiger charge is -2.10. The molecule has 0 radical (unpaired) electrons. The van der Waals surface area contributed by atoms with Gasteiger partial charge in [0.2, 0.25) is 0 Å². The second-order valence-electron chi connectivity index (χ2n) is 4.14. The molecule has 6 heteroatoms. The van der Waals surface area contributed by atoms with Gasteiger partial charge >= 0.3 is 6.18 Å². The summed E-state index contributed by atoms with van der Waals surface area (Å²) in [6, 6.07) is 5.04. The first kappa shape index (κ1) is 13.2. The van der Waals surface area contributed by atoms with E-state index in [0.717, 1.165) is 12.1 Å². The summed E-state index contributed by atoms with van der Waals surface area (Å²) >= 11 is 5.86. The van der Waals surface area contributed by atoms with Crippen LogP contribution < -0.4 is 0 Å². The van der Waals surface area contributed by atoms with Crippen molar-refractivity contribution in [1.29, 1.82) is 0 Å². The van der Waals surface area contributed by atoms with Crippen molar-refractivity contribution >= 4 is 17.3 Å². The average Bonchev–Trinajstić information content (AvgIpc) is 2.77. The van der Waals surface area contributed by atoms with Crippen LogP contribution in [0.25, 0.3) is 0 Å². The third kappa shape index (κ3) is 2.77. The third-order valence-corrected chi connectivity index (χ3v) is 3.01. The summed E-state index contributed by atoms with van der Waals surface area (Å²) in [7, 11) is 0. The normalized spacial score (nSPS) is 21.4. The molecule has 0 saturated heterocycles. The minimum absolute atomic E-state index is 0.239. The highest BCUT2D eigenvalue weighted by Gasteiger charge is 2.32. The molecule has 0 saturated carbocycles. The standard InChI is InChI=1S/C12H11ClF3NO/c1-7(13)11-6-10(17-18-11)8-3-2-4-9(5-8)12(14,15)16/h2-5,7,11H,6H2,1H3. The Labute approximate surface area is 107 Å². The molecule has 0 bridgehead atoms. The number of oxime groups is 1. The van der Waals surface area contributed by atoms with Crippen molar-refractivity contribution in [2.45, 2.75) is 31.0 Å². The quantitative estimate of drug-likeness (QED) is 0.753. The van der Waals surface area contributed by atoms with Crippen LogP contribution >= 0.6 is 11.6 Å². The van der Waals surface area contributed by atoms with Gasteiger partial charge in [0.05, 0.1) is 16.7 Å². The Balaban J connectivity index is 2.21. The first-order valence-corrected chi connectivity index (χ1v) is 5.86. The molecule has 1 aliphatic rings. The van der Waals surface area contributed by atoms with E-state index in [0.29, 0.717) is 17.7 Å². The minimum Gasteiger partial charge on any atom is -0.390 e. The molecule has 0 aromatic heterocycles. The molecule has 0 fully saturated rings. The highest BCUT2D eigenvalue weighted by Crippen LogP contribution is 2.30. The molecule has 0 amide bonds. The molecule has 1 aliphatic heterocycles. The first-order chi connectivity index (χ1) is 8.38. The molecule has 2 nitrogen and oxygen atoms in total. The molecule has 1 aromatic rings. The van der Waals surface area contributed by atoms with Crippen LogP contribution in [0, 0.1) is 0 Å². The zero-order valence-electron chi connectivity index (χ0n) is 9.54. The Bertz CT molecular complexity index is 471. The van der Waals surface area contributed by atoms with Crippen LogP contribution in [0.15, 0.2) is 29.4 Å². The number of halogens is 4. The fourth-order valence-electron chi connectivity index (χ4n) is 1.69. The van der Waals surface area contributed by atoms with E-state index >= 15 is 0 Å². The Morgan fingerprint density at radius 2 is 2.17 bits per heavy atom. The van der Waals surface area contributed by atoms with Crippen LogP contribution in [0.5, 0.6) is 0 Å². The van der Waals surface area contributed by atoms with E-state index in [1.54, 1.807) is 13.0 Å². The van der Waals surface area contributed by atoms with Gasteiger partial charge in [-0.2, -0.15) is 13.2 Å². The molecule has 1 heterocycles. The maximum Gasteiger partial charge on any atom is 0.416 e. The maximum absolute atomic E-state index is 12.6. The van der Waals surface area contributed by atoms with E-state index in [9.17, 15) is 13.2 Å². The molecular weight excluding hydrogens is 267 g/mol. The maximum atomic E-state index is 12.6. The summed E-state index contributed by atoms with van der Waals surface area (Å²) in [4.78, 5) is 5.08. The van der Waals surface area contributed by atoms with Crippen molar-refractivity contribution in [3.8, 4) is 0 Å². The number of benzene rings is 1. The fourth-order valence-corrected chi connectivity index (χ4v) is 1.82. The molecule has 0 spiro atoms. The van der Waals surface area contributed by atoms with Gasteiger partial charge in [0.1, 0.15) is 6.10 Å². The zero-order valence-corrected chi connectivity index (χ0v) is 10.3. The lowest BCUT2D eigenvalue weighted by Crippen LogP contribution is -2.18. The monoisotopic (exact) mass is 277 g/mol. The smallest absolute Gasteiger partial charge is 0.390 e. The number of nitrogens with zero attached hydrogens (tertiary/aromatic N) is 1. The number of hydrogen-bond donors (Lipinski definition) is 0. The largest absolute Gasteiger partial charge is 0.416 e. The van der Waals surface area contributed by atoms with E-state index in [2.05, 4.69) is 5.16 Å². The van der Waals surface area contributed by atoms with E-state index in [4.69, 9.17) is 16.4 Å². The van der Waals surface area contributed by atoms with Crippen LogP contribution in [0.4, 0.5) is 13.2 Å². The van der Waals surface area contributed by atoms with Crippen molar-refractivity contribution in [2.75, 3.05) is 0 Å². The molecule has 2 atom stereocenters. The van der Waals surface area contributed by atoms with E-state index < -0.39 is 11.7 Å². The minimum atomic E-state index is -4.35. The molecule has 18 heavy (non-hydrogen) atoms. The molecule has 98 valence electrons. The molecule has 1 aromatic carbocycles. The van der Waals surface area contributed by atoms with Crippen molar-refractivity contribution in [1.82, 2.24) is 0 Å². The molecule has 2 rings (SSSR count). The molecule has 0 aliphatic carbocycles.